The van der Waals surface area contributed by atoms with Gasteiger partial charge in [-0.2, -0.15) is 0 Å². The van der Waals surface area contributed by atoms with Crippen LogP contribution in [-0.4, -0.2) is 47.3 Å². The molecule has 0 aromatic carbocycles. The van der Waals surface area contributed by atoms with E-state index >= 15 is 0 Å². The molecule has 1 aliphatic rings. The molecule has 6 heteroatoms. The summed E-state index contributed by atoms with van der Waals surface area (Å²) in [4.78, 5) is 24.4. The van der Waals surface area contributed by atoms with E-state index in [1.54, 1.807) is 4.90 Å². The number of hydrogen-bond acceptors (Lipinski definition) is 4. The highest BCUT2D eigenvalue weighted by Gasteiger charge is 2.30. The van der Waals surface area contributed by atoms with Crippen molar-refractivity contribution >= 4 is 12.1 Å². The highest BCUT2D eigenvalue weighted by Crippen LogP contribution is 2.27. The van der Waals surface area contributed by atoms with Gasteiger partial charge in [0.05, 0.1) is 0 Å². The van der Waals surface area contributed by atoms with Crippen LogP contribution in [0.2, 0.25) is 0 Å². The fraction of sp³-hybridized carbons (Fsp3) is 0.857. The van der Waals surface area contributed by atoms with Gasteiger partial charge in [-0.15, -0.1) is 0 Å². The first-order valence-corrected chi connectivity index (χ1v) is 7.12. The first kappa shape index (κ1) is 16.8. The normalized spacial score (nSPS) is 18.7. The minimum Gasteiger partial charge on any atom is -0.481 e. The monoisotopic (exact) mass is 286 g/mol. The Morgan fingerprint density at radius 3 is 2.30 bits per heavy atom. The molecule has 0 aromatic rings. The number of nitrogens with zero attached hydrogens (tertiary/aromatic N) is 1. The number of amides is 1. The highest BCUT2D eigenvalue weighted by molar-refractivity contribution is 5.68. The first-order chi connectivity index (χ1) is 9.23. The summed E-state index contributed by atoms with van der Waals surface area (Å²) in [6.07, 6.45) is 1.38. The van der Waals surface area contributed by atoms with E-state index < -0.39 is 11.6 Å². The molecule has 0 saturated carbocycles. The molecule has 1 fully saturated rings. The van der Waals surface area contributed by atoms with Gasteiger partial charge in [0, 0.05) is 19.5 Å². The Bertz CT molecular complexity index is 344. The lowest BCUT2D eigenvalue weighted by Crippen LogP contribution is -2.43. The predicted molar refractivity (Wildman–Crippen MR) is 75.3 cm³/mol. The van der Waals surface area contributed by atoms with Gasteiger partial charge in [-0.25, -0.2) is 4.79 Å². The van der Waals surface area contributed by atoms with Crippen molar-refractivity contribution in [2.24, 2.45) is 17.6 Å². The van der Waals surface area contributed by atoms with E-state index in [-0.39, 0.29) is 24.3 Å². The smallest absolute Gasteiger partial charge is 0.410 e. The second-order valence-electron chi connectivity index (χ2n) is 6.40. The van der Waals surface area contributed by atoms with Crippen molar-refractivity contribution in [1.82, 2.24) is 4.90 Å². The average molecular weight is 286 g/mol. The van der Waals surface area contributed by atoms with E-state index in [0.29, 0.717) is 19.6 Å². The zero-order valence-corrected chi connectivity index (χ0v) is 12.6. The van der Waals surface area contributed by atoms with Crippen LogP contribution in [0.1, 0.15) is 40.0 Å². The molecule has 0 aliphatic carbocycles. The van der Waals surface area contributed by atoms with Crippen LogP contribution in [0.5, 0.6) is 0 Å². The molecule has 1 heterocycles. The Kier molecular flexibility index (Phi) is 5.80. The molecule has 1 saturated heterocycles. The molecule has 1 aliphatic heterocycles. The maximum Gasteiger partial charge on any atom is 0.410 e. The van der Waals surface area contributed by atoms with Crippen molar-refractivity contribution in [3.8, 4) is 0 Å². The van der Waals surface area contributed by atoms with E-state index in [1.807, 2.05) is 20.8 Å². The maximum absolute atomic E-state index is 11.9. The molecule has 1 amide bonds. The van der Waals surface area contributed by atoms with Gasteiger partial charge in [-0.1, -0.05) is 0 Å². The molecule has 0 radical (unpaired) electrons. The topological polar surface area (TPSA) is 92.9 Å². The lowest BCUT2D eigenvalue weighted by molar-refractivity contribution is -0.138. The lowest BCUT2D eigenvalue weighted by atomic mass is 9.82. The molecule has 3 N–H and O–H groups in total. The van der Waals surface area contributed by atoms with Gasteiger partial charge >= 0.3 is 12.1 Å². The summed E-state index contributed by atoms with van der Waals surface area (Å²) in [6, 6.07) is 0. The summed E-state index contributed by atoms with van der Waals surface area (Å²) in [5, 5.41) is 8.87. The van der Waals surface area contributed by atoms with Gasteiger partial charge in [0.2, 0.25) is 0 Å². The van der Waals surface area contributed by atoms with Crippen molar-refractivity contribution in [2.75, 3.05) is 19.6 Å². The van der Waals surface area contributed by atoms with E-state index in [4.69, 9.17) is 15.6 Å². The predicted octanol–water partition coefficient (Wildman–Crippen LogP) is 1.68. The summed E-state index contributed by atoms with van der Waals surface area (Å²) in [7, 11) is 0. The number of likely N-dealkylation sites (tertiary alicyclic amines) is 1. The number of carbonyl (C=O) groups excluding carboxylic acids is 1. The molecule has 20 heavy (non-hydrogen) atoms. The van der Waals surface area contributed by atoms with E-state index in [1.165, 1.54) is 0 Å². The first-order valence-electron chi connectivity index (χ1n) is 7.12. The van der Waals surface area contributed by atoms with Gasteiger partial charge in [0.25, 0.3) is 0 Å². The average Bonchev–Trinajstić information content (AvgIpc) is 2.34. The molecule has 0 bridgehead atoms. The van der Waals surface area contributed by atoms with E-state index in [0.717, 1.165) is 12.8 Å². The van der Waals surface area contributed by atoms with Crippen LogP contribution in [0.4, 0.5) is 4.79 Å². The number of piperidine rings is 1. The molecular weight excluding hydrogens is 260 g/mol. The number of nitrogens with two attached hydrogens (primary N) is 1. The molecule has 1 atom stereocenters. The van der Waals surface area contributed by atoms with Crippen LogP contribution in [0, 0.1) is 11.8 Å². The molecule has 116 valence electrons. The summed E-state index contributed by atoms with van der Waals surface area (Å²) in [5.74, 6) is -0.543. The maximum atomic E-state index is 11.9. The largest absolute Gasteiger partial charge is 0.481 e. The molecule has 1 rings (SSSR count). The number of carboxylic acid groups (broad SMARTS) is 1. The van der Waals surface area contributed by atoms with Crippen LogP contribution in [0.15, 0.2) is 0 Å². The third kappa shape index (κ3) is 5.36. The number of carbonyl (C=O) groups is 2. The van der Waals surface area contributed by atoms with Gasteiger partial charge in [-0.3, -0.25) is 4.79 Å². The Morgan fingerprint density at radius 1 is 1.35 bits per heavy atom. The summed E-state index contributed by atoms with van der Waals surface area (Å²) >= 11 is 0. The number of aliphatic carboxylic acids is 1. The standard InChI is InChI=1S/C14H26N2O4/c1-14(2,3)20-13(19)16-6-4-10(5-7-16)11(9-15)8-12(17)18/h10-11H,4-9,15H2,1-3H3,(H,17,18). The van der Waals surface area contributed by atoms with Gasteiger partial charge in [0.1, 0.15) is 5.60 Å². The minimum atomic E-state index is -0.810. The Morgan fingerprint density at radius 2 is 1.90 bits per heavy atom. The third-order valence-electron chi connectivity index (χ3n) is 3.60. The lowest BCUT2D eigenvalue weighted by Gasteiger charge is -2.36. The van der Waals surface area contributed by atoms with Crippen molar-refractivity contribution < 1.29 is 19.4 Å². The number of hydrogen-bond donors (Lipinski definition) is 2. The third-order valence-corrected chi connectivity index (χ3v) is 3.60. The molecule has 1 unspecified atom stereocenters. The van der Waals surface area contributed by atoms with E-state index in [2.05, 4.69) is 0 Å². The van der Waals surface area contributed by atoms with Crippen molar-refractivity contribution in [3.05, 3.63) is 0 Å². The molecule has 0 spiro atoms. The fourth-order valence-corrected chi connectivity index (χ4v) is 2.55. The Hall–Kier alpha value is -1.30. The second kappa shape index (κ2) is 6.92. The fourth-order valence-electron chi connectivity index (χ4n) is 2.55. The number of ether oxygens (including phenoxy) is 1. The van der Waals surface area contributed by atoms with Crippen LogP contribution in [0.25, 0.3) is 0 Å². The quantitative estimate of drug-likeness (QED) is 0.820. The van der Waals surface area contributed by atoms with Crippen molar-refractivity contribution in [3.63, 3.8) is 0 Å². The van der Waals surface area contributed by atoms with Crippen molar-refractivity contribution in [2.45, 2.75) is 45.6 Å². The zero-order chi connectivity index (χ0) is 15.3. The van der Waals surface area contributed by atoms with Crippen LogP contribution in [-0.2, 0) is 9.53 Å². The van der Waals surface area contributed by atoms with Crippen molar-refractivity contribution in [1.29, 1.82) is 0 Å². The second-order valence-corrected chi connectivity index (χ2v) is 6.40. The van der Waals surface area contributed by atoms with Gasteiger partial charge in [-0.05, 0) is 52.0 Å². The van der Waals surface area contributed by atoms with Crippen LogP contribution < -0.4 is 5.73 Å². The van der Waals surface area contributed by atoms with Crippen LogP contribution in [0.3, 0.4) is 0 Å². The zero-order valence-electron chi connectivity index (χ0n) is 12.6. The number of carboxylic acids is 1. The highest BCUT2D eigenvalue weighted by atomic mass is 16.6. The molecular formula is C14H26N2O4. The molecule has 0 aromatic heterocycles. The Labute approximate surface area is 120 Å². The number of rotatable bonds is 4. The Balaban J connectivity index is 2.46. The minimum absolute atomic E-state index is 0.00622. The van der Waals surface area contributed by atoms with Gasteiger partial charge in [0.15, 0.2) is 0 Å². The summed E-state index contributed by atoms with van der Waals surface area (Å²) in [6.45, 7) is 7.12. The summed E-state index contributed by atoms with van der Waals surface area (Å²) < 4.78 is 5.33. The van der Waals surface area contributed by atoms with Crippen LogP contribution >= 0.6 is 0 Å². The molecule has 6 nitrogen and oxygen atoms in total. The van der Waals surface area contributed by atoms with Gasteiger partial charge < -0.3 is 20.5 Å². The SMILES string of the molecule is CC(C)(C)OC(=O)N1CCC(C(CN)CC(=O)O)CC1. The summed E-state index contributed by atoms with van der Waals surface area (Å²) in [5.41, 5.74) is 5.17. The van der Waals surface area contributed by atoms with E-state index in [9.17, 15) is 9.59 Å².